The first-order chi connectivity index (χ1) is 9.11. The quantitative estimate of drug-likeness (QED) is 0.438. The molecule has 19 heavy (non-hydrogen) atoms. The van der Waals surface area contributed by atoms with Gasteiger partial charge in [-0.05, 0) is 6.42 Å². The minimum absolute atomic E-state index is 0.0729. The highest BCUT2D eigenvalue weighted by molar-refractivity contribution is 5.80. The van der Waals surface area contributed by atoms with Gasteiger partial charge in [0.2, 0.25) is 5.95 Å². The van der Waals surface area contributed by atoms with Gasteiger partial charge in [0.25, 0.3) is 5.91 Å². The fraction of sp³-hybridized carbons (Fsp3) is 0.600. The molecule has 106 valence electrons. The summed E-state index contributed by atoms with van der Waals surface area (Å²) >= 11 is 0. The van der Waals surface area contributed by atoms with Crippen molar-refractivity contribution in [3.05, 3.63) is 6.33 Å². The van der Waals surface area contributed by atoms with Crippen LogP contribution in [0, 0.1) is 0 Å². The lowest BCUT2D eigenvalue weighted by atomic mass is 10.4. The number of nitrogens with two attached hydrogens (primary N) is 1. The first kappa shape index (κ1) is 14.9. The minimum atomic E-state index is -0.586. The molecular formula is C10H17N5O4. The fourth-order valence-corrected chi connectivity index (χ4v) is 1.20. The van der Waals surface area contributed by atoms with Gasteiger partial charge in [-0.25, -0.2) is 9.67 Å². The van der Waals surface area contributed by atoms with Crippen molar-refractivity contribution in [3.63, 3.8) is 0 Å². The topological polar surface area (TPSA) is 121 Å². The molecule has 9 nitrogen and oxygen atoms in total. The Kier molecular flexibility index (Phi) is 6.30. The van der Waals surface area contributed by atoms with E-state index in [0.29, 0.717) is 19.6 Å². The standard InChI is InChI=1S/C10H17N5O4/c1-18-4-2-3-12-8(16)6-19-9(17)5-15-7-13-10(11)14-15/h7H,2-6H2,1H3,(H2,11,14)(H,12,16). The van der Waals surface area contributed by atoms with Gasteiger partial charge < -0.3 is 20.5 Å². The second kappa shape index (κ2) is 8.03. The largest absolute Gasteiger partial charge is 0.454 e. The average molecular weight is 271 g/mol. The highest BCUT2D eigenvalue weighted by atomic mass is 16.5. The van der Waals surface area contributed by atoms with Crippen LogP contribution in [0.15, 0.2) is 6.33 Å². The Balaban J connectivity index is 2.14. The summed E-state index contributed by atoms with van der Waals surface area (Å²) < 4.78 is 10.8. The Morgan fingerprint density at radius 3 is 2.95 bits per heavy atom. The van der Waals surface area contributed by atoms with Crippen molar-refractivity contribution in [2.45, 2.75) is 13.0 Å². The van der Waals surface area contributed by atoms with E-state index >= 15 is 0 Å². The van der Waals surface area contributed by atoms with E-state index in [1.165, 1.54) is 11.0 Å². The highest BCUT2D eigenvalue weighted by Crippen LogP contribution is 1.91. The number of carbonyl (C=O) groups is 2. The van der Waals surface area contributed by atoms with Gasteiger partial charge in [0.15, 0.2) is 6.61 Å². The Morgan fingerprint density at radius 1 is 1.53 bits per heavy atom. The van der Waals surface area contributed by atoms with Crippen molar-refractivity contribution < 1.29 is 19.1 Å². The molecule has 3 N–H and O–H groups in total. The number of nitrogen functional groups attached to an aromatic ring is 1. The van der Waals surface area contributed by atoms with Crippen LogP contribution in [-0.4, -0.2) is 53.5 Å². The maximum atomic E-state index is 11.4. The van der Waals surface area contributed by atoms with Gasteiger partial charge in [0.05, 0.1) is 0 Å². The van der Waals surface area contributed by atoms with E-state index in [2.05, 4.69) is 15.4 Å². The zero-order valence-electron chi connectivity index (χ0n) is 10.7. The minimum Gasteiger partial charge on any atom is -0.454 e. The Hall–Kier alpha value is -2.16. The summed E-state index contributed by atoms with van der Waals surface area (Å²) in [6, 6.07) is 0. The molecule has 0 bridgehead atoms. The van der Waals surface area contributed by atoms with Crippen LogP contribution >= 0.6 is 0 Å². The zero-order chi connectivity index (χ0) is 14.1. The van der Waals surface area contributed by atoms with Gasteiger partial charge in [0, 0.05) is 20.3 Å². The number of ether oxygens (including phenoxy) is 2. The van der Waals surface area contributed by atoms with Crippen LogP contribution in [0.5, 0.6) is 0 Å². The van der Waals surface area contributed by atoms with E-state index in [9.17, 15) is 9.59 Å². The molecule has 9 heteroatoms. The van der Waals surface area contributed by atoms with Crippen molar-refractivity contribution >= 4 is 17.8 Å². The molecule has 0 radical (unpaired) electrons. The van der Waals surface area contributed by atoms with E-state index in [1.54, 1.807) is 7.11 Å². The maximum absolute atomic E-state index is 11.4. The maximum Gasteiger partial charge on any atom is 0.328 e. The molecule has 0 aromatic carbocycles. The van der Waals surface area contributed by atoms with Gasteiger partial charge in [-0.3, -0.25) is 9.59 Å². The van der Waals surface area contributed by atoms with Crippen molar-refractivity contribution in [2.24, 2.45) is 0 Å². The number of aromatic nitrogens is 3. The third-order valence-corrected chi connectivity index (χ3v) is 2.06. The number of hydrogen-bond acceptors (Lipinski definition) is 7. The molecule has 0 fully saturated rings. The first-order valence-corrected chi connectivity index (χ1v) is 5.68. The Morgan fingerprint density at radius 2 is 2.32 bits per heavy atom. The predicted octanol–water partition coefficient (Wildman–Crippen LogP) is -1.44. The monoisotopic (exact) mass is 271 g/mol. The summed E-state index contributed by atoms with van der Waals surface area (Å²) in [5.41, 5.74) is 5.29. The summed E-state index contributed by atoms with van der Waals surface area (Å²) in [5, 5.41) is 6.31. The van der Waals surface area contributed by atoms with E-state index in [-0.39, 0.29) is 25.0 Å². The number of esters is 1. The van der Waals surface area contributed by atoms with Gasteiger partial charge in [-0.2, -0.15) is 0 Å². The number of nitrogens with one attached hydrogen (secondary N) is 1. The van der Waals surface area contributed by atoms with Gasteiger partial charge in [0.1, 0.15) is 12.9 Å². The third-order valence-electron chi connectivity index (χ3n) is 2.06. The molecule has 1 aromatic heterocycles. The normalized spacial score (nSPS) is 10.2. The molecule has 1 aromatic rings. The number of hydrogen-bond donors (Lipinski definition) is 2. The summed E-state index contributed by atoms with van der Waals surface area (Å²) in [5.74, 6) is -0.872. The smallest absolute Gasteiger partial charge is 0.328 e. The molecule has 0 spiro atoms. The Labute approximate surface area is 110 Å². The lowest BCUT2D eigenvalue weighted by Gasteiger charge is -2.06. The highest BCUT2D eigenvalue weighted by Gasteiger charge is 2.08. The van der Waals surface area contributed by atoms with E-state index in [1.807, 2.05) is 0 Å². The van der Waals surface area contributed by atoms with E-state index in [4.69, 9.17) is 15.2 Å². The number of methoxy groups -OCH3 is 1. The van der Waals surface area contributed by atoms with Gasteiger partial charge in [-0.15, -0.1) is 5.10 Å². The molecule has 0 atom stereocenters. The molecule has 1 heterocycles. The lowest BCUT2D eigenvalue weighted by Crippen LogP contribution is -2.30. The first-order valence-electron chi connectivity index (χ1n) is 5.68. The summed E-state index contributed by atoms with van der Waals surface area (Å²) in [6.45, 7) is 0.578. The second-order valence-corrected chi connectivity index (χ2v) is 3.66. The molecule has 0 saturated heterocycles. The molecule has 0 aliphatic carbocycles. The van der Waals surface area contributed by atoms with Crippen LogP contribution in [-0.2, 0) is 25.6 Å². The van der Waals surface area contributed by atoms with Crippen LogP contribution in [0.3, 0.4) is 0 Å². The number of carbonyl (C=O) groups excluding carboxylic acids is 2. The van der Waals surface area contributed by atoms with Crippen molar-refractivity contribution in [3.8, 4) is 0 Å². The average Bonchev–Trinajstić information content (AvgIpc) is 2.77. The van der Waals surface area contributed by atoms with Crippen molar-refractivity contribution in [2.75, 3.05) is 32.6 Å². The van der Waals surface area contributed by atoms with E-state index < -0.39 is 5.97 Å². The third kappa shape index (κ3) is 6.36. The van der Waals surface area contributed by atoms with Gasteiger partial charge >= 0.3 is 5.97 Å². The molecule has 0 saturated carbocycles. The van der Waals surface area contributed by atoms with E-state index in [0.717, 1.165) is 0 Å². The SMILES string of the molecule is COCCCNC(=O)COC(=O)Cn1cnc(N)n1. The van der Waals surface area contributed by atoms with Crippen LogP contribution in [0.25, 0.3) is 0 Å². The zero-order valence-corrected chi connectivity index (χ0v) is 10.7. The summed E-state index contributed by atoms with van der Waals surface area (Å²) in [4.78, 5) is 26.3. The molecule has 0 aliphatic rings. The molecule has 1 rings (SSSR count). The van der Waals surface area contributed by atoms with Gasteiger partial charge in [-0.1, -0.05) is 0 Å². The summed E-state index contributed by atoms with van der Waals surface area (Å²) in [7, 11) is 1.58. The fourth-order valence-electron chi connectivity index (χ4n) is 1.20. The molecule has 0 aliphatic heterocycles. The summed E-state index contributed by atoms with van der Waals surface area (Å²) in [6.07, 6.45) is 2.01. The van der Waals surface area contributed by atoms with Crippen LogP contribution in [0.4, 0.5) is 5.95 Å². The van der Waals surface area contributed by atoms with Crippen LogP contribution in [0.1, 0.15) is 6.42 Å². The predicted molar refractivity (Wildman–Crippen MR) is 64.9 cm³/mol. The second-order valence-electron chi connectivity index (χ2n) is 3.66. The molecule has 0 unspecified atom stereocenters. The number of rotatable bonds is 8. The van der Waals surface area contributed by atoms with Crippen molar-refractivity contribution in [1.29, 1.82) is 0 Å². The molecule has 1 amide bonds. The lowest BCUT2D eigenvalue weighted by molar-refractivity contribution is -0.149. The Bertz CT molecular complexity index is 420. The van der Waals surface area contributed by atoms with Crippen LogP contribution in [0.2, 0.25) is 0 Å². The van der Waals surface area contributed by atoms with Crippen molar-refractivity contribution in [1.82, 2.24) is 20.1 Å². The number of nitrogens with zero attached hydrogens (tertiary/aromatic N) is 3. The van der Waals surface area contributed by atoms with Crippen LogP contribution < -0.4 is 11.1 Å². The number of anilines is 1. The molecular weight excluding hydrogens is 254 g/mol. The number of amides is 1.